The normalized spacial score (nSPS) is 10.7. The third-order valence-electron chi connectivity index (χ3n) is 3.98. The van der Waals surface area contributed by atoms with Crippen LogP contribution in [0.3, 0.4) is 0 Å². The van der Waals surface area contributed by atoms with E-state index in [2.05, 4.69) is 27.7 Å². The lowest BCUT2D eigenvalue weighted by Crippen LogP contribution is -2.14. The summed E-state index contributed by atoms with van der Waals surface area (Å²) in [5.74, 6) is 0.389. The number of carbonyl (C=O) groups is 2. The Kier molecular flexibility index (Phi) is 6.43. The lowest BCUT2D eigenvalue weighted by atomic mass is 10.1. The Bertz CT molecular complexity index is 887. The van der Waals surface area contributed by atoms with Crippen molar-refractivity contribution in [2.24, 2.45) is 0 Å². The number of hydrogen-bond donors (Lipinski definition) is 1. The number of anilines is 1. The topological polar surface area (TPSA) is 89.8 Å². The van der Waals surface area contributed by atoms with Crippen LogP contribution in [0.1, 0.15) is 43.0 Å². The first-order chi connectivity index (χ1) is 13.2. The number of nitrogens with zero attached hydrogens (tertiary/aromatic N) is 4. The Labute approximate surface area is 161 Å². The van der Waals surface area contributed by atoms with Gasteiger partial charge in [0.15, 0.2) is 5.78 Å². The Morgan fingerprint density at radius 2 is 1.96 bits per heavy atom. The first-order valence-corrected chi connectivity index (χ1v) is 9.78. The van der Waals surface area contributed by atoms with Crippen LogP contribution < -0.4 is 5.32 Å². The molecule has 0 aliphatic rings. The summed E-state index contributed by atoms with van der Waals surface area (Å²) in [6, 6.07) is 10.7. The van der Waals surface area contributed by atoms with Gasteiger partial charge in [0, 0.05) is 17.7 Å². The summed E-state index contributed by atoms with van der Waals surface area (Å²) in [6.07, 6.45) is 3.53. The summed E-state index contributed by atoms with van der Waals surface area (Å²) in [5, 5.41) is 16.9. The molecule has 0 unspecified atom stereocenters. The fourth-order valence-corrected chi connectivity index (χ4v) is 3.18. The SMILES string of the molecule is CCCCCC(=O)Nc1ccc(C(=O)Cn2nnc(-c3cccs3)n2)cc1. The summed E-state index contributed by atoms with van der Waals surface area (Å²) in [4.78, 5) is 26.4. The van der Waals surface area contributed by atoms with E-state index in [1.165, 1.54) is 16.1 Å². The second-order valence-electron chi connectivity index (χ2n) is 6.13. The molecule has 0 radical (unpaired) electrons. The lowest BCUT2D eigenvalue weighted by molar-refractivity contribution is -0.116. The Morgan fingerprint density at radius 1 is 1.15 bits per heavy atom. The Balaban J connectivity index is 1.55. The van der Waals surface area contributed by atoms with Crippen LogP contribution in [-0.2, 0) is 11.3 Å². The predicted octanol–water partition coefficient (Wildman–Crippen LogP) is 3.80. The van der Waals surface area contributed by atoms with Gasteiger partial charge in [-0.05, 0) is 47.3 Å². The molecule has 1 amide bonds. The van der Waals surface area contributed by atoms with Crippen molar-refractivity contribution in [3.05, 3.63) is 47.3 Å². The minimum absolute atomic E-state index is 0.00421. The standard InChI is InChI=1S/C19H21N5O2S/c1-2-3-4-7-18(26)20-15-10-8-14(9-11-15)16(25)13-24-22-19(21-23-24)17-6-5-12-27-17/h5-6,8-12H,2-4,7,13H2,1H3,(H,20,26). The number of ketones is 1. The van der Waals surface area contributed by atoms with Gasteiger partial charge in [0.05, 0.1) is 4.88 Å². The smallest absolute Gasteiger partial charge is 0.224 e. The first-order valence-electron chi connectivity index (χ1n) is 8.90. The van der Waals surface area contributed by atoms with E-state index in [9.17, 15) is 9.59 Å². The van der Waals surface area contributed by atoms with Gasteiger partial charge in [-0.1, -0.05) is 25.8 Å². The molecule has 1 N–H and O–H groups in total. The predicted molar refractivity (Wildman–Crippen MR) is 105 cm³/mol. The molecule has 0 atom stereocenters. The van der Waals surface area contributed by atoms with Crippen molar-refractivity contribution in [3.8, 4) is 10.7 Å². The number of hydrogen-bond acceptors (Lipinski definition) is 6. The highest BCUT2D eigenvalue weighted by molar-refractivity contribution is 7.13. The van der Waals surface area contributed by atoms with Crippen molar-refractivity contribution in [1.29, 1.82) is 0 Å². The number of nitrogens with one attached hydrogen (secondary N) is 1. The minimum Gasteiger partial charge on any atom is -0.326 e. The van der Waals surface area contributed by atoms with Crippen LogP contribution in [0.25, 0.3) is 10.7 Å². The third kappa shape index (κ3) is 5.30. The van der Waals surface area contributed by atoms with Crippen molar-refractivity contribution < 1.29 is 9.59 Å². The zero-order chi connectivity index (χ0) is 19.1. The number of Topliss-reactive ketones (excluding diaryl/α,β-unsaturated/α-hetero) is 1. The lowest BCUT2D eigenvalue weighted by Gasteiger charge is -2.06. The number of amides is 1. The molecule has 0 aliphatic heterocycles. The maximum Gasteiger partial charge on any atom is 0.224 e. The molecule has 0 bridgehead atoms. The van der Waals surface area contributed by atoms with Gasteiger partial charge in [-0.2, -0.15) is 4.80 Å². The highest BCUT2D eigenvalue weighted by Crippen LogP contribution is 2.19. The van der Waals surface area contributed by atoms with E-state index in [1.54, 1.807) is 24.3 Å². The van der Waals surface area contributed by atoms with Gasteiger partial charge in [-0.25, -0.2) is 0 Å². The number of carbonyl (C=O) groups excluding carboxylic acids is 2. The maximum absolute atomic E-state index is 12.4. The average molecular weight is 383 g/mol. The van der Waals surface area contributed by atoms with Gasteiger partial charge in [0.25, 0.3) is 0 Å². The number of tetrazole rings is 1. The molecule has 0 spiro atoms. The molecule has 0 aliphatic carbocycles. The quantitative estimate of drug-likeness (QED) is 0.448. The van der Waals surface area contributed by atoms with Crippen LogP contribution in [0.2, 0.25) is 0 Å². The molecule has 7 nitrogen and oxygen atoms in total. The van der Waals surface area contributed by atoms with E-state index in [0.29, 0.717) is 23.5 Å². The van der Waals surface area contributed by atoms with Gasteiger partial charge in [-0.3, -0.25) is 9.59 Å². The van der Waals surface area contributed by atoms with Gasteiger partial charge < -0.3 is 5.32 Å². The van der Waals surface area contributed by atoms with Gasteiger partial charge in [0.2, 0.25) is 11.7 Å². The molecule has 0 fully saturated rings. The molecule has 3 rings (SSSR count). The van der Waals surface area contributed by atoms with E-state index in [0.717, 1.165) is 24.1 Å². The summed E-state index contributed by atoms with van der Waals surface area (Å²) in [7, 11) is 0. The summed E-state index contributed by atoms with van der Waals surface area (Å²) < 4.78 is 0. The molecule has 8 heteroatoms. The van der Waals surface area contributed by atoms with E-state index >= 15 is 0 Å². The van der Waals surface area contributed by atoms with E-state index in [-0.39, 0.29) is 18.2 Å². The van der Waals surface area contributed by atoms with Gasteiger partial charge >= 0.3 is 0 Å². The summed E-state index contributed by atoms with van der Waals surface area (Å²) in [5.41, 5.74) is 1.22. The van der Waals surface area contributed by atoms with Crippen molar-refractivity contribution in [2.75, 3.05) is 5.32 Å². The molecule has 0 saturated heterocycles. The molecular formula is C19H21N5O2S. The number of benzene rings is 1. The maximum atomic E-state index is 12.4. The first kappa shape index (κ1) is 18.9. The van der Waals surface area contributed by atoms with E-state index < -0.39 is 0 Å². The number of aromatic nitrogens is 4. The van der Waals surface area contributed by atoms with Gasteiger partial charge in [0.1, 0.15) is 6.54 Å². The summed E-state index contributed by atoms with van der Waals surface area (Å²) >= 11 is 1.52. The fraction of sp³-hybridized carbons (Fsp3) is 0.316. The third-order valence-corrected chi connectivity index (χ3v) is 4.84. The second-order valence-corrected chi connectivity index (χ2v) is 7.07. The summed E-state index contributed by atoms with van der Waals surface area (Å²) in [6.45, 7) is 2.12. The van der Waals surface area contributed by atoms with Crippen LogP contribution in [-0.4, -0.2) is 31.9 Å². The van der Waals surface area contributed by atoms with Crippen molar-refractivity contribution in [2.45, 2.75) is 39.2 Å². The molecule has 1 aromatic carbocycles. The van der Waals surface area contributed by atoms with Crippen molar-refractivity contribution in [1.82, 2.24) is 20.2 Å². The number of rotatable bonds is 9. The monoisotopic (exact) mass is 383 g/mol. The molecule has 2 heterocycles. The van der Waals surface area contributed by atoms with Crippen molar-refractivity contribution in [3.63, 3.8) is 0 Å². The van der Waals surface area contributed by atoms with E-state index in [4.69, 9.17) is 0 Å². The van der Waals surface area contributed by atoms with Crippen LogP contribution in [0.4, 0.5) is 5.69 Å². The molecular weight excluding hydrogens is 362 g/mol. The number of unbranched alkanes of at least 4 members (excludes halogenated alkanes) is 2. The Morgan fingerprint density at radius 3 is 2.67 bits per heavy atom. The largest absolute Gasteiger partial charge is 0.326 e. The molecule has 27 heavy (non-hydrogen) atoms. The average Bonchev–Trinajstić information content (AvgIpc) is 3.34. The van der Waals surface area contributed by atoms with E-state index in [1.807, 2.05) is 17.5 Å². The highest BCUT2D eigenvalue weighted by Gasteiger charge is 2.12. The zero-order valence-corrected chi connectivity index (χ0v) is 15.9. The van der Waals surface area contributed by atoms with Gasteiger partial charge in [-0.15, -0.1) is 21.5 Å². The molecule has 0 saturated carbocycles. The minimum atomic E-state index is -0.119. The van der Waals surface area contributed by atoms with Crippen LogP contribution in [0.5, 0.6) is 0 Å². The number of thiophene rings is 1. The molecule has 2 aromatic heterocycles. The zero-order valence-electron chi connectivity index (χ0n) is 15.1. The van der Waals surface area contributed by atoms with Crippen LogP contribution in [0, 0.1) is 0 Å². The van der Waals surface area contributed by atoms with Crippen LogP contribution >= 0.6 is 11.3 Å². The highest BCUT2D eigenvalue weighted by atomic mass is 32.1. The van der Waals surface area contributed by atoms with Crippen molar-refractivity contribution >= 4 is 28.7 Å². The Hall–Kier alpha value is -2.87. The second kappa shape index (κ2) is 9.18. The molecule has 3 aromatic rings. The molecule has 140 valence electrons. The van der Waals surface area contributed by atoms with Crippen LogP contribution in [0.15, 0.2) is 41.8 Å². The fourth-order valence-electron chi connectivity index (χ4n) is 2.53.